The van der Waals surface area contributed by atoms with Crippen molar-refractivity contribution in [1.29, 1.82) is 0 Å². The summed E-state index contributed by atoms with van der Waals surface area (Å²) < 4.78 is 4.39. The SMILES string of the molecule is COC(=O)C#Cc1ccc(N)c(C)c1. The summed E-state index contributed by atoms with van der Waals surface area (Å²) in [6.45, 7) is 1.89. The first-order chi connectivity index (χ1) is 6.63. The third-order valence-corrected chi connectivity index (χ3v) is 1.76. The van der Waals surface area contributed by atoms with Crippen molar-refractivity contribution < 1.29 is 9.53 Å². The number of rotatable bonds is 0. The lowest BCUT2D eigenvalue weighted by molar-refractivity contribution is -0.133. The predicted octanol–water partition coefficient (Wildman–Crippen LogP) is 1.10. The van der Waals surface area contributed by atoms with Crippen LogP contribution in [0.15, 0.2) is 18.2 Å². The number of aryl methyl sites for hydroxylation is 1. The van der Waals surface area contributed by atoms with Gasteiger partial charge in [-0.2, -0.15) is 0 Å². The fraction of sp³-hybridized carbons (Fsp3) is 0.182. The normalized spacial score (nSPS) is 8.71. The molecule has 0 aliphatic rings. The van der Waals surface area contributed by atoms with Crippen LogP contribution in [0.5, 0.6) is 0 Å². The molecule has 3 nitrogen and oxygen atoms in total. The van der Waals surface area contributed by atoms with Gasteiger partial charge in [0.1, 0.15) is 0 Å². The van der Waals surface area contributed by atoms with Crippen molar-refractivity contribution in [3.05, 3.63) is 29.3 Å². The van der Waals surface area contributed by atoms with E-state index in [1.54, 1.807) is 12.1 Å². The molecule has 0 aliphatic heterocycles. The number of carbonyl (C=O) groups is 1. The molecule has 0 aromatic heterocycles. The van der Waals surface area contributed by atoms with Crippen LogP contribution in [0.2, 0.25) is 0 Å². The van der Waals surface area contributed by atoms with Crippen molar-refractivity contribution in [2.75, 3.05) is 12.8 Å². The molecular formula is C11H11NO2. The number of methoxy groups -OCH3 is 1. The van der Waals surface area contributed by atoms with E-state index in [9.17, 15) is 4.79 Å². The third kappa shape index (κ3) is 2.53. The Morgan fingerprint density at radius 1 is 1.50 bits per heavy atom. The predicted molar refractivity (Wildman–Crippen MR) is 54.5 cm³/mol. The second kappa shape index (κ2) is 4.33. The molecule has 0 spiro atoms. The van der Waals surface area contributed by atoms with Crippen LogP contribution < -0.4 is 5.73 Å². The monoisotopic (exact) mass is 189 g/mol. The Morgan fingerprint density at radius 3 is 2.79 bits per heavy atom. The summed E-state index contributed by atoms with van der Waals surface area (Å²) in [5, 5.41) is 0. The largest absolute Gasteiger partial charge is 0.459 e. The number of esters is 1. The molecule has 0 atom stereocenters. The summed E-state index contributed by atoms with van der Waals surface area (Å²) in [4.78, 5) is 10.7. The third-order valence-electron chi connectivity index (χ3n) is 1.76. The summed E-state index contributed by atoms with van der Waals surface area (Å²) in [5.74, 6) is 4.48. The van der Waals surface area contributed by atoms with E-state index < -0.39 is 5.97 Å². The highest BCUT2D eigenvalue weighted by molar-refractivity contribution is 5.89. The van der Waals surface area contributed by atoms with Gasteiger partial charge in [0.15, 0.2) is 0 Å². The Kier molecular flexibility index (Phi) is 3.14. The van der Waals surface area contributed by atoms with Crippen molar-refractivity contribution in [3.8, 4) is 11.8 Å². The van der Waals surface area contributed by atoms with E-state index in [2.05, 4.69) is 16.6 Å². The number of carbonyl (C=O) groups excluding carboxylic acids is 1. The number of nitrogen functional groups attached to an aromatic ring is 1. The number of benzene rings is 1. The molecule has 72 valence electrons. The fourth-order valence-corrected chi connectivity index (χ4v) is 0.928. The standard InChI is InChI=1S/C11H11NO2/c1-8-7-9(3-5-10(8)12)4-6-11(13)14-2/h3,5,7H,12H2,1-2H3. The van der Waals surface area contributed by atoms with Crippen LogP contribution in [0, 0.1) is 18.8 Å². The Morgan fingerprint density at radius 2 is 2.21 bits per heavy atom. The molecule has 1 rings (SSSR count). The lowest BCUT2D eigenvalue weighted by Gasteiger charge is -1.98. The van der Waals surface area contributed by atoms with Crippen LogP contribution in [0.3, 0.4) is 0 Å². The van der Waals surface area contributed by atoms with Gasteiger partial charge in [0.05, 0.1) is 7.11 Å². The maximum absolute atomic E-state index is 10.7. The first kappa shape index (κ1) is 10.1. The zero-order valence-corrected chi connectivity index (χ0v) is 8.13. The first-order valence-corrected chi connectivity index (χ1v) is 4.09. The highest BCUT2D eigenvalue weighted by Crippen LogP contribution is 2.11. The maximum atomic E-state index is 10.7. The van der Waals surface area contributed by atoms with E-state index in [-0.39, 0.29) is 0 Å². The van der Waals surface area contributed by atoms with E-state index in [0.717, 1.165) is 11.1 Å². The molecule has 1 aromatic carbocycles. The van der Waals surface area contributed by atoms with Crippen molar-refractivity contribution >= 4 is 11.7 Å². The van der Waals surface area contributed by atoms with E-state index in [1.165, 1.54) is 7.11 Å². The van der Waals surface area contributed by atoms with Crippen molar-refractivity contribution in [1.82, 2.24) is 0 Å². The summed E-state index contributed by atoms with van der Waals surface area (Å²) in [6.07, 6.45) is 0. The molecule has 14 heavy (non-hydrogen) atoms. The molecule has 0 unspecified atom stereocenters. The van der Waals surface area contributed by atoms with Crippen molar-refractivity contribution in [2.45, 2.75) is 6.92 Å². The van der Waals surface area contributed by atoms with Gasteiger partial charge in [-0.1, -0.05) is 5.92 Å². The molecule has 0 saturated carbocycles. The van der Waals surface area contributed by atoms with Crippen molar-refractivity contribution in [3.63, 3.8) is 0 Å². The fourth-order valence-electron chi connectivity index (χ4n) is 0.928. The average Bonchev–Trinajstić information content (AvgIpc) is 2.19. The molecule has 0 heterocycles. The Hall–Kier alpha value is -1.95. The highest BCUT2D eigenvalue weighted by atomic mass is 16.5. The summed E-state index contributed by atoms with van der Waals surface area (Å²) in [7, 11) is 1.30. The Balaban J connectivity index is 2.91. The second-order valence-electron chi connectivity index (χ2n) is 2.81. The van der Waals surface area contributed by atoms with Gasteiger partial charge in [0.25, 0.3) is 0 Å². The molecule has 0 amide bonds. The van der Waals surface area contributed by atoms with E-state index in [0.29, 0.717) is 5.69 Å². The molecule has 0 radical (unpaired) electrons. The van der Waals surface area contributed by atoms with Gasteiger partial charge in [-0.25, -0.2) is 4.79 Å². The Bertz CT molecular complexity index is 413. The quantitative estimate of drug-likeness (QED) is 0.378. The van der Waals surface area contributed by atoms with E-state index in [4.69, 9.17) is 5.73 Å². The van der Waals surface area contributed by atoms with Gasteiger partial charge in [-0.15, -0.1) is 0 Å². The zero-order valence-electron chi connectivity index (χ0n) is 8.13. The van der Waals surface area contributed by atoms with Crippen LogP contribution in [0.4, 0.5) is 5.69 Å². The molecule has 1 aromatic rings. The van der Waals surface area contributed by atoms with Gasteiger partial charge in [-0.05, 0) is 30.7 Å². The number of anilines is 1. The van der Waals surface area contributed by atoms with Gasteiger partial charge in [-0.3, -0.25) is 0 Å². The highest BCUT2D eigenvalue weighted by Gasteiger charge is 1.94. The molecular weight excluding hydrogens is 178 g/mol. The molecule has 0 saturated heterocycles. The summed E-state index contributed by atoms with van der Waals surface area (Å²) in [6, 6.07) is 5.35. The van der Waals surface area contributed by atoms with Gasteiger partial charge < -0.3 is 10.5 Å². The number of ether oxygens (including phenoxy) is 1. The van der Waals surface area contributed by atoms with Gasteiger partial charge in [0, 0.05) is 17.2 Å². The van der Waals surface area contributed by atoms with Crippen molar-refractivity contribution in [2.24, 2.45) is 0 Å². The van der Waals surface area contributed by atoms with E-state index in [1.807, 2.05) is 13.0 Å². The zero-order chi connectivity index (χ0) is 10.6. The summed E-state index contributed by atoms with van der Waals surface area (Å²) in [5.41, 5.74) is 8.05. The lowest BCUT2D eigenvalue weighted by Crippen LogP contribution is -1.95. The van der Waals surface area contributed by atoms with Crippen LogP contribution in [0.25, 0.3) is 0 Å². The molecule has 0 fully saturated rings. The number of nitrogens with two attached hydrogens (primary N) is 1. The topological polar surface area (TPSA) is 52.3 Å². The van der Waals surface area contributed by atoms with Crippen LogP contribution >= 0.6 is 0 Å². The second-order valence-corrected chi connectivity index (χ2v) is 2.81. The minimum absolute atomic E-state index is 0.542. The van der Waals surface area contributed by atoms with Crippen LogP contribution in [-0.4, -0.2) is 13.1 Å². The first-order valence-electron chi connectivity index (χ1n) is 4.09. The Labute approximate surface area is 82.9 Å². The van der Waals surface area contributed by atoms with E-state index >= 15 is 0 Å². The number of hydrogen-bond donors (Lipinski definition) is 1. The van der Waals surface area contributed by atoms with Crippen LogP contribution in [0.1, 0.15) is 11.1 Å². The summed E-state index contributed by atoms with van der Waals surface area (Å²) >= 11 is 0. The molecule has 0 aliphatic carbocycles. The smallest absolute Gasteiger partial charge is 0.384 e. The lowest BCUT2D eigenvalue weighted by atomic mass is 10.1. The van der Waals surface area contributed by atoms with Crippen LogP contribution in [-0.2, 0) is 9.53 Å². The average molecular weight is 189 g/mol. The number of hydrogen-bond acceptors (Lipinski definition) is 3. The minimum atomic E-state index is -0.542. The minimum Gasteiger partial charge on any atom is -0.459 e. The molecule has 0 bridgehead atoms. The van der Waals surface area contributed by atoms with Gasteiger partial charge in [0.2, 0.25) is 0 Å². The maximum Gasteiger partial charge on any atom is 0.384 e. The van der Waals surface area contributed by atoms with Gasteiger partial charge >= 0.3 is 5.97 Å². The molecule has 2 N–H and O–H groups in total. The molecule has 3 heteroatoms.